The molecule has 27 heavy (non-hydrogen) atoms. The topological polar surface area (TPSA) is 43.4 Å². The van der Waals surface area contributed by atoms with Crippen LogP contribution in [-0.2, 0) is 26.9 Å². The van der Waals surface area contributed by atoms with Gasteiger partial charge in [-0.25, -0.2) is 0 Å². The van der Waals surface area contributed by atoms with E-state index in [0.717, 1.165) is 68.7 Å². The zero-order chi connectivity index (χ0) is 20.6. The third-order valence-electron chi connectivity index (χ3n) is 6.59. The fraction of sp³-hybridized carbons (Fsp3) is 0.727. The van der Waals surface area contributed by atoms with Gasteiger partial charge >= 0.3 is 168 Å². The van der Waals surface area contributed by atoms with Crippen LogP contribution in [0.2, 0.25) is 0 Å². The summed E-state index contributed by atoms with van der Waals surface area (Å²) in [6, 6.07) is 5.75. The SMILES string of the molecule is CCCCc1cccc(S(=O)(=O)OP(CC)(CC)(CC)CC)c1CCCC. The molecule has 0 saturated heterocycles. The van der Waals surface area contributed by atoms with Crippen molar-refractivity contribution in [3.05, 3.63) is 29.3 Å². The standard InChI is InChI=1S/C22H41O3PS/c1-7-13-16-20-17-15-19-22(21(20)18-14-8-2)27(23,24)25-26(9-3,10-4,11-5)12-6/h15,17,19H,7-14,16,18H2,1-6H3. The molecule has 158 valence electrons. The molecule has 0 spiro atoms. The van der Waals surface area contributed by atoms with Crippen LogP contribution in [0, 0.1) is 0 Å². The minimum atomic E-state index is -3.78. The zero-order valence-electron chi connectivity index (χ0n) is 18.4. The van der Waals surface area contributed by atoms with Gasteiger partial charge in [0.2, 0.25) is 0 Å². The number of hydrogen-bond donors (Lipinski definition) is 0. The summed E-state index contributed by atoms with van der Waals surface area (Å²) in [6.45, 7) is 9.97. The zero-order valence-corrected chi connectivity index (χ0v) is 20.1. The first kappa shape index (κ1) is 24.6. The van der Waals surface area contributed by atoms with Gasteiger partial charge in [0.05, 0.1) is 0 Å². The molecule has 0 amide bonds. The van der Waals surface area contributed by atoms with Crippen LogP contribution in [0.25, 0.3) is 0 Å². The summed E-state index contributed by atoms with van der Waals surface area (Å²) < 4.78 is 33.3. The van der Waals surface area contributed by atoms with Crippen LogP contribution in [0.1, 0.15) is 78.4 Å². The Morgan fingerprint density at radius 2 is 1.33 bits per heavy atom. The molecular weight excluding hydrogens is 375 g/mol. The van der Waals surface area contributed by atoms with Gasteiger partial charge < -0.3 is 0 Å². The predicted molar refractivity (Wildman–Crippen MR) is 121 cm³/mol. The van der Waals surface area contributed by atoms with E-state index in [1.165, 1.54) is 5.56 Å². The first-order chi connectivity index (χ1) is 12.8. The van der Waals surface area contributed by atoms with Crippen LogP contribution in [0.3, 0.4) is 0 Å². The molecule has 0 N–H and O–H groups in total. The van der Waals surface area contributed by atoms with Crippen molar-refractivity contribution in [1.82, 2.24) is 0 Å². The molecule has 0 heterocycles. The summed E-state index contributed by atoms with van der Waals surface area (Å²) in [5.74, 6) is 0. The van der Waals surface area contributed by atoms with Gasteiger partial charge in [-0.1, -0.05) is 0 Å². The van der Waals surface area contributed by atoms with Crippen molar-refractivity contribution in [2.24, 2.45) is 0 Å². The van der Waals surface area contributed by atoms with Crippen molar-refractivity contribution < 1.29 is 12.4 Å². The van der Waals surface area contributed by atoms with E-state index in [9.17, 15) is 8.42 Å². The Morgan fingerprint density at radius 1 is 0.815 bits per heavy atom. The molecule has 0 aromatic heterocycles. The molecule has 1 rings (SSSR count). The second-order valence-corrected chi connectivity index (χ2v) is 15.9. The van der Waals surface area contributed by atoms with E-state index >= 15 is 0 Å². The number of aryl methyl sites for hydroxylation is 1. The number of rotatable bonds is 13. The van der Waals surface area contributed by atoms with Crippen LogP contribution in [0.15, 0.2) is 23.1 Å². The third-order valence-corrected chi connectivity index (χ3v) is 16.4. The van der Waals surface area contributed by atoms with E-state index < -0.39 is 16.9 Å². The van der Waals surface area contributed by atoms with Gasteiger partial charge in [0.25, 0.3) is 0 Å². The second-order valence-electron chi connectivity index (χ2n) is 7.75. The molecule has 0 bridgehead atoms. The molecule has 3 nitrogen and oxygen atoms in total. The Morgan fingerprint density at radius 3 is 1.81 bits per heavy atom. The van der Waals surface area contributed by atoms with Crippen LogP contribution >= 0.6 is 6.83 Å². The Balaban J connectivity index is 3.48. The van der Waals surface area contributed by atoms with Crippen molar-refractivity contribution in [1.29, 1.82) is 0 Å². The molecule has 1 aromatic rings. The molecule has 0 unspecified atom stereocenters. The minimum absolute atomic E-state index is 0.419. The molecule has 0 atom stereocenters. The second kappa shape index (κ2) is 10.4. The van der Waals surface area contributed by atoms with E-state index in [4.69, 9.17) is 3.97 Å². The first-order valence-electron chi connectivity index (χ1n) is 10.8. The molecular formula is C22H41O3PS. The van der Waals surface area contributed by atoms with Gasteiger partial charge in [0.1, 0.15) is 0 Å². The van der Waals surface area contributed by atoms with Crippen LogP contribution in [-0.4, -0.2) is 33.1 Å². The van der Waals surface area contributed by atoms with E-state index in [2.05, 4.69) is 47.6 Å². The molecule has 1 aromatic carbocycles. The van der Waals surface area contributed by atoms with Crippen LogP contribution < -0.4 is 0 Å². The number of unbranched alkanes of at least 4 members (excludes halogenated alkanes) is 2. The Hall–Kier alpha value is -0.440. The van der Waals surface area contributed by atoms with Crippen molar-refractivity contribution in [3.8, 4) is 0 Å². The Kier molecular flexibility index (Phi) is 9.45. The summed E-state index contributed by atoms with van der Waals surface area (Å²) in [6.07, 6.45) is 9.23. The van der Waals surface area contributed by atoms with Gasteiger partial charge in [-0.3, -0.25) is 0 Å². The van der Waals surface area contributed by atoms with Crippen molar-refractivity contribution >= 4 is 16.9 Å². The third kappa shape index (κ3) is 5.55. The molecule has 5 heteroatoms. The summed E-state index contributed by atoms with van der Waals surface area (Å²) in [4.78, 5) is 0.419. The van der Waals surface area contributed by atoms with E-state index in [1.54, 1.807) is 6.07 Å². The van der Waals surface area contributed by atoms with Gasteiger partial charge in [-0.2, -0.15) is 0 Å². The van der Waals surface area contributed by atoms with Crippen molar-refractivity contribution in [2.45, 2.75) is 85.0 Å². The maximum atomic E-state index is 13.5. The molecule has 0 aliphatic carbocycles. The molecule has 0 fully saturated rings. The van der Waals surface area contributed by atoms with Crippen molar-refractivity contribution in [3.63, 3.8) is 0 Å². The van der Waals surface area contributed by atoms with Gasteiger partial charge in [-0.15, -0.1) is 0 Å². The average molecular weight is 417 g/mol. The van der Waals surface area contributed by atoms with E-state index in [1.807, 2.05) is 6.07 Å². The van der Waals surface area contributed by atoms with Gasteiger partial charge in [0, 0.05) is 0 Å². The molecule has 0 aliphatic heterocycles. The summed E-state index contributed by atoms with van der Waals surface area (Å²) in [5, 5.41) is 0. The fourth-order valence-electron chi connectivity index (χ4n) is 3.95. The Bertz CT molecular complexity index is 670. The van der Waals surface area contributed by atoms with E-state index in [-0.39, 0.29) is 0 Å². The molecule has 0 radical (unpaired) electrons. The van der Waals surface area contributed by atoms with Crippen molar-refractivity contribution in [2.75, 3.05) is 24.6 Å². The summed E-state index contributed by atoms with van der Waals surface area (Å²) in [7, 11) is -3.78. The fourth-order valence-corrected chi connectivity index (χ4v) is 11.6. The number of hydrogen-bond acceptors (Lipinski definition) is 3. The normalized spacial score (nSPS) is 14.1. The maximum absolute atomic E-state index is 13.5. The molecule has 0 saturated carbocycles. The molecule has 0 aliphatic rings. The summed E-state index contributed by atoms with van der Waals surface area (Å²) >= 11 is 0. The number of benzene rings is 1. The quantitative estimate of drug-likeness (QED) is 0.339. The van der Waals surface area contributed by atoms with Crippen LogP contribution in [0.4, 0.5) is 0 Å². The summed E-state index contributed by atoms with van der Waals surface area (Å²) in [5.41, 5.74) is 2.17. The first-order valence-corrected chi connectivity index (χ1v) is 15.1. The van der Waals surface area contributed by atoms with Gasteiger partial charge in [-0.05, 0) is 0 Å². The van der Waals surface area contributed by atoms with Gasteiger partial charge in [0.15, 0.2) is 0 Å². The van der Waals surface area contributed by atoms with E-state index in [0.29, 0.717) is 4.90 Å². The monoisotopic (exact) mass is 416 g/mol. The predicted octanol–water partition coefficient (Wildman–Crippen LogP) is 6.63. The average Bonchev–Trinajstić information content (AvgIpc) is 2.69. The Labute approximate surface area is 168 Å². The van der Waals surface area contributed by atoms with Crippen LogP contribution in [0.5, 0.6) is 0 Å².